The monoisotopic (exact) mass is 426 g/mol. The predicted octanol–water partition coefficient (Wildman–Crippen LogP) is 3.76. The summed E-state index contributed by atoms with van der Waals surface area (Å²) in [5.41, 5.74) is -3.55. The molecule has 1 heterocycles. The van der Waals surface area contributed by atoms with E-state index < -0.39 is 21.4 Å². The first kappa shape index (κ1) is 20.7. The molecule has 1 aromatic heterocycles. The molecule has 3 aromatic rings. The number of benzene rings is 2. The van der Waals surface area contributed by atoms with Gasteiger partial charge in [-0.05, 0) is 48.7 Å². The molecule has 0 aliphatic carbocycles. The molecule has 0 atom stereocenters. The number of aromatic nitrogens is 1. The highest BCUT2D eigenvalue weighted by Gasteiger charge is 2.48. The van der Waals surface area contributed by atoms with Gasteiger partial charge in [0.1, 0.15) is 5.75 Å². The Hall–Kier alpha value is -3.01. The number of carbonyl (C=O) groups is 1. The van der Waals surface area contributed by atoms with Crippen LogP contribution >= 0.6 is 0 Å². The molecule has 10 heteroatoms. The minimum Gasteiger partial charge on any atom is -0.376 e. The van der Waals surface area contributed by atoms with E-state index in [1.807, 2.05) is 6.07 Å². The van der Waals surface area contributed by atoms with Gasteiger partial charge in [-0.2, -0.15) is 21.6 Å². The Morgan fingerprint density at radius 1 is 1.10 bits per heavy atom. The van der Waals surface area contributed by atoms with Crippen molar-refractivity contribution in [2.75, 3.05) is 6.54 Å². The van der Waals surface area contributed by atoms with Crippen molar-refractivity contribution in [3.8, 4) is 5.75 Å². The van der Waals surface area contributed by atoms with Crippen molar-refractivity contribution in [1.82, 2.24) is 10.3 Å². The molecule has 0 bridgehead atoms. The van der Waals surface area contributed by atoms with Crippen LogP contribution in [-0.2, 0) is 16.5 Å². The third-order valence-corrected chi connectivity index (χ3v) is 5.15. The van der Waals surface area contributed by atoms with E-state index in [0.717, 1.165) is 11.6 Å². The van der Waals surface area contributed by atoms with Gasteiger partial charge in [0.15, 0.2) is 0 Å². The van der Waals surface area contributed by atoms with Gasteiger partial charge >= 0.3 is 15.6 Å². The zero-order chi connectivity index (χ0) is 21.1. The lowest BCUT2D eigenvalue weighted by atomic mass is 10.1. The molecule has 6 nitrogen and oxygen atoms in total. The number of aryl methyl sites for hydroxylation is 1. The number of hydrogen-bond donors (Lipinski definition) is 2. The van der Waals surface area contributed by atoms with E-state index in [1.165, 1.54) is 12.1 Å². The van der Waals surface area contributed by atoms with Gasteiger partial charge in [0, 0.05) is 29.2 Å². The minimum atomic E-state index is -5.73. The van der Waals surface area contributed by atoms with Gasteiger partial charge < -0.3 is 14.5 Å². The number of hydrogen-bond acceptors (Lipinski definition) is 4. The van der Waals surface area contributed by atoms with Crippen LogP contribution < -0.4 is 9.50 Å². The van der Waals surface area contributed by atoms with Crippen molar-refractivity contribution >= 4 is 26.9 Å². The lowest BCUT2D eigenvalue weighted by Crippen LogP contribution is -2.28. The standard InChI is InChI=1S/C19H17F3N2O4S/c20-19(21,22)29(26,27)28-15-8-9-17-16(11-15)14(12-24-17)7-4-10-23-18(25)13-5-2-1-3-6-13/h1-3,5-6,8-9,11-12,24H,4,7,10H2,(H,23,25). The molecule has 0 aliphatic heterocycles. The first-order valence-electron chi connectivity index (χ1n) is 8.61. The number of aromatic amines is 1. The highest BCUT2D eigenvalue weighted by Crippen LogP contribution is 2.30. The van der Waals surface area contributed by atoms with Gasteiger partial charge in [0.2, 0.25) is 0 Å². The summed E-state index contributed by atoms with van der Waals surface area (Å²) in [6, 6.07) is 12.6. The Balaban J connectivity index is 1.64. The van der Waals surface area contributed by atoms with Crippen LogP contribution in [0.25, 0.3) is 10.9 Å². The van der Waals surface area contributed by atoms with Crippen LogP contribution in [-0.4, -0.2) is 31.4 Å². The quantitative estimate of drug-likeness (QED) is 0.342. The van der Waals surface area contributed by atoms with Crippen molar-refractivity contribution in [3.05, 3.63) is 65.9 Å². The minimum absolute atomic E-state index is 0.197. The van der Waals surface area contributed by atoms with Crippen LogP contribution in [0.5, 0.6) is 5.75 Å². The van der Waals surface area contributed by atoms with Gasteiger partial charge in [-0.15, -0.1) is 0 Å². The van der Waals surface area contributed by atoms with Crippen molar-refractivity contribution in [1.29, 1.82) is 0 Å². The molecule has 0 fully saturated rings. The van der Waals surface area contributed by atoms with Crippen LogP contribution in [0.1, 0.15) is 22.3 Å². The number of fused-ring (bicyclic) bond motifs is 1. The van der Waals surface area contributed by atoms with Crippen molar-refractivity contribution in [2.24, 2.45) is 0 Å². The van der Waals surface area contributed by atoms with Gasteiger partial charge in [-0.3, -0.25) is 4.79 Å². The number of alkyl halides is 3. The van der Waals surface area contributed by atoms with Crippen molar-refractivity contribution in [3.63, 3.8) is 0 Å². The Morgan fingerprint density at radius 2 is 1.83 bits per heavy atom. The number of halogens is 3. The lowest BCUT2D eigenvalue weighted by Gasteiger charge is -2.09. The molecule has 29 heavy (non-hydrogen) atoms. The average molecular weight is 426 g/mol. The average Bonchev–Trinajstić information content (AvgIpc) is 3.07. The molecule has 2 aromatic carbocycles. The highest BCUT2D eigenvalue weighted by atomic mass is 32.2. The summed E-state index contributed by atoms with van der Waals surface area (Å²) in [5.74, 6) is -0.620. The first-order valence-corrected chi connectivity index (χ1v) is 10.0. The molecule has 0 aliphatic rings. The maximum atomic E-state index is 12.5. The number of nitrogens with one attached hydrogen (secondary N) is 2. The molecule has 0 spiro atoms. The smallest absolute Gasteiger partial charge is 0.376 e. The Kier molecular flexibility index (Phi) is 5.83. The normalized spacial score (nSPS) is 12.1. The molecule has 0 saturated carbocycles. The van der Waals surface area contributed by atoms with Crippen molar-refractivity contribution in [2.45, 2.75) is 18.3 Å². The number of rotatable bonds is 7. The van der Waals surface area contributed by atoms with Gasteiger partial charge in [0.25, 0.3) is 5.91 Å². The van der Waals surface area contributed by atoms with Gasteiger partial charge in [0.05, 0.1) is 0 Å². The maximum Gasteiger partial charge on any atom is 0.534 e. The van der Waals surface area contributed by atoms with E-state index in [9.17, 15) is 26.4 Å². The first-order chi connectivity index (χ1) is 13.7. The third-order valence-electron chi connectivity index (χ3n) is 4.17. The van der Waals surface area contributed by atoms with Gasteiger partial charge in [-0.1, -0.05) is 18.2 Å². The second-order valence-corrected chi connectivity index (χ2v) is 7.77. The van der Waals surface area contributed by atoms with Crippen LogP contribution in [0, 0.1) is 0 Å². The van der Waals surface area contributed by atoms with Crippen LogP contribution in [0.2, 0.25) is 0 Å². The van der Waals surface area contributed by atoms with E-state index in [-0.39, 0.29) is 5.91 Å². The van der Waals surface area contributed by atoms with E-state index in [0.29, 0.717) is 35.9 Å². The third kappa shape index (κ3) is 4.89. The van der Waals surface area contributed by atoms with Crippen LogP contribution in [0.15, 0.2) is 54.7 Å². The molecular formula is C19H17F3N2O4S. The Labute approximate surface area is 164 Å². The molecular weight excluding hydrogens is 409 g/mol. The number of carbonyl (C=O) groups excluding carboxylic acids is 1. The van der Waals surface area contributed by atoms with Crippen LogP contribution in [0.3, 0.4) is 0 Å². The Bertz CT molecular complexity index is 1110. The second kappa shape index (κ2) is 8.16. The SMILES string of the molecule is O=C(NCCCc1c[nH]c2ccc(OS(=O)(=O)C(F)(F)F)cc12)c1ccccc1. The molecule has 0 unspecified atom stereocenters. The molecule has 3 rings (SSSR count). The lowest BCUT2D eigenvalue weighted by molar-refractivity contribution is -0.0500. The zero-order valence-electron chi connectivity index (χ0n) is 15.0. The molecule has 0 radical (unpaired) electrons. The summed E-state index contributed by atoms with van der Waals surface area (Å²) in [4.78, 5) is 15.0. The van der Waals surface area contributed by atoms with E-state index in [1.54, 1.807) is 30.5 Å². The van der Waals surface area contributed by atoms with Crippen LogP contribution in [0.4, 0.5) is 13.2 Å². The largest absolute Gasteiger partial charge is 0.534 e. The fourth-order valence-electron chi connectivity index (χ4n) is 2.76. The summed E-state index contributed by atoms with van der Waals surface area (Å²) < 4.78 is 64.0. The Morgan fingerprint density at radius 3 is 2.52 bits per heavy atom. The summed E-state index contributed by atoms with van der Waals surface area (Å²) in [6.45, 7) is 0.402. The predicted molar refractivity (Wildman–Crippen MR) is 101 cm³/mol. The van der Waals surface area contributed by atoms with Crippen molar-refractivity contribution < 1.29 is 30.6 Å². The summed E-state index contributed by atoms with van der Waals surface area (Å²) in [6.07, 6.45) is 2.79. The molecule has 154 valence electrons. The van der Waals surface area contributed by atoms with E-state index in [2.05, 4.69) is 14.5 Å². The molecule has 0 saturated heterocycles. The second-order valence-electron chi connectivity index (χ2n) is 6.23. The fourth-order valence-corrected chi connectivity index (χ4v) is 3.21. The zero-order valence-corrected chi connectivity index (χ0v) is 15.8. The number of amides is 1. The topological polar surface area (TPSA) is 88.3 Å². The molecule has 2 N–H and O–H groups in total. The van der Waals surface area contributed by atoms with E-state index >= 15 is 0 Å². The fraction of sp³-hybridized carbons (Fsp3) is 0.211. The summed E-state index contributed by atoms with van der Waals surface area (Å²) >= 11 is 0. The van der Waals surface area contributed by atoms with E-state index in [4.69, 9.17) is 0 Å². The molecule has 1 amide bonds. The summed E-state index contributed by atoms with van der Waals surface area (Å²) in [7, 11) is -5.73. The summed E-state index contributed by atoms with van der Waals surface area (Å²) in [5, 5.41) is 3.34. The number of H-pyrrole nitrogens is 1. The maximum absolute atomic E-state index is 12.5. The van der Waals surface area contributed by atoms with Gasteiger partial charge in [-0.25, -0.2) is 0 Å². The highest BCUT2D eigenvalue weighted by molar-refractivity contribution is 7.88.